The summed E-state index contributed by atoms with van der Waals surface area (Å²) in [4.78, 5) is 37.9. The molecule has 2 unspecified atom stereocenters. The Morgan fingerprint density at radius 3 is 2.92 bits per heavy atom. The maximum Gasteiger partial charge on any atom is 0.335 e. The summed E-state index contributed by atoms with van der Waals surface area (Å²) in [5, 5.41) is 2.79. The van der Waals surface area contributed by atoms with Crippen LogP contribution in [0.25, 0.3) is 0 Å². The maximum atomic E-state index is 12.6. The Morgan fingerprint density at radius 2 is 2.17 bits per heavy atom. The van der Waals surface area contributed by atoms with E-state index in [0.29, 0.717) is 24.4 Å². The minimum absolute atomic E-state index is 0.151. The summed E-state index contributed by atoms with van der Waals surface area (Å²) < 4.78 is 10.4. The first kappa shape index (κ1) is 16.4. The summed E-state index contributed by atoms with van der Waals surface area (Å²) in [7, 11) is 0. The van der Waals surface area contributed by atoms with Gasteiger partial charge in [-0.25, -0.2) is 4.79 Å². The second-order valence-corrected chi connectivity index (χ2v) is 5.99. The van der Waals surface area contributed by atoms with Gasteiger partial charge in [0.2, 0.25) is 5.91 Å². The van der Waals surface area contributed by atoms with Crippen LogP contribution in [-0.4, -0.2) is 43.1 Å². The second-order valence-electron chi connectivity index (χ2n) is 5.99. The number of hydrogen-bond acceptors (Lipinski definition) is 5. The fourth-order valence-electron chi connectivity index (χ4n) is 3.03. The molecule has 0 aliphatic carbocycles. The third kappa shape index (κ3) is 3.41. The van der Waals surface area contributed by atoms with Crippen molar-refractivity contribution >= 4 is 29.2 Å². The van der Waals surface area contributed by atoms with Crippen LogP contribution in [0.2, 0.25) is 0 Å². The summed E-state index contributed by atoms with van der Waals surface area (Å²) >= 11 is 0. The minimum atomic E-state index is -0.574. The van der Waals surface area contributed by atoms with Gasteiger partial charge in [-0.1, -0.05) is 12.1 Å². The van der Waals surface area contributed by atoms with Gasteiger partial charge < -0.3 is 19.7 Å². The molecule has 2 atom stereocenters. The molecule has 2 heterocycles. The van der Waals surface area contributed by atoms with E-state index in [9.17, 15) is 14.4 Å². The standard InChI is InChI=1S/C17H20N2O5/c1-11-9-15(20)18-12-5-2-3-6-13(12)19(11)16(21)10-24-17(22)14-7-4-8-23-14/h2-3,5-6,11,14H,4,7-10H2,1H3,(H,18,20). The van der Waals surface area contributed by atoms with E-state index in [2.05, 4.69) is 5.32 Å². The average molecular weight is 332 g/mol. The van der Waals surface area contributed by atoms with Crippen LogP contribution >= 0.6 is 0 Å². The van der Waals surface area contributed by atoms with Gasteiger partial charge in [0.15, 0.2) is 12.7 Å². The van der Waals surface area contributed by atoms with Crippen LogP contribution in [0, 0.1) is 0 Å². The molecule has 3 rings (SSSR count). The first-order valence-corrected chi connectivity index (χ1v) is 8.05. The van der Waals surface area contributed by atoms with Gasteiger partial charge in [0.05, 0.1) is 11.4 Å². The van der Waals surface area contributed by atoms with Crippen LogP contribution in [0.4, 0.5) is 11.4 Å². The number of para-hydroxylation sites is 2. The number of esters is 1. The number of ether oxygens (including phenoxy) is 2. The number of anilines is 2. The van der Waals surface area contributed by atoms with Crippen LogP contribution in [-0.2, 0) is 23.9 Å². The molecule has 0 spiro atoms. The number of nitrogens with one attached hydrogen (secondary N) is 1. The first-order chi connectivity index (χ1) is 11.6. The van der Waals surface area contributed by atoms with Crippen molar-refractivity contribution in [2.75, 3.05) is 23.4 Å². The van der Waals surface area contributed by atoms with Crippen LogP contribution in [0.1, 0.15) is 26.2 Å². The van der Waals surface area contributed by atoms with Gasteiger partial charge in [0.1, 0.15) is 0 Å². The third-order valence-electron chi connectivity index (χ3n) is 4.16. The molecule has 1 saturated heterocycles. The Balaban J connectivity index is 1.72. The number of rotatable bonds is 3. The van der Waals surface area contributed by atoms with E-state index in [4.69, 9.17) is 9.47 Å². The van der Waals surface area contributed by atoms with Crippen molar-refractivity contribution in [1.82, 2.24) is 0 Å². The van der Waals surface area contributed by atoms with E-state index >= 15 is 0 Å². The van der Waals surface area contributed by atoms with Gasteiger partial charge in [0, 0.05) is 19.1 Å². The third-order valence-corrected chi connectivity index (χ3v) is 4.16. The number of carbonyl (C=O) groups is 3. The molecule has 2 amide bonds. The highest BCUT2D eigenvalue weighted by atomic mass is 16.6. The zero-order chi connectivity index (χ0) is 17.1. The molecule has 7 nitrogen and oxygen atoms in total. The molecule has 2 aliphatic rings. The molecule has 1 N–H and O–H groups in total. The van der Waals surface area contributed by atoms with Gasteiger partial charge in [0.25, 0.3) is 5.91 Å². The highest BCUT2D eigenvalue weighted by molar-refractivity contribution is 6.05. The van der Waals surface area contributed by atoms with E-state index in [1.165, 1.54) is 4.90 Å². The predicted octanol–water partition coefficient (Wildman–Crippen LogP) is 1.47. The Hall–Kier alpha value is -2.41. The molecule has 0 radical (unpaired) electrons. The molecule has 128 valence electrons. The Labute approximate surface area is 139 Å². The lowest BCUT2D eigenvalue weighted by atomic mass is 10.1. The number of amides is 2. The average Bonchev–Trinajstić information content (AvgIpc) is 3.04. The van der Waals surface area contributed by atoms with Gasteiger partial charge >= 0.3 is 5.97 Å². The van der Waals surface area contributed by atoms with Gasteiger partial charge in [-0.05, 0) is 31.9 Å². The van der Waals surface area contributed by atoms with Crippen molar-refractivity contribution in [3.8, 4) is 0 Å². The molecule has 0 bridgehead atoms. The number of benzene rings is 1. The Morgan fingerprint density at radius 1 is 1.38 bits per heavy atom. The van der Waals surface area contributed by atoms with E-state index < -0.39 is 12.1 Å². The van der Waals surface area contributed by atoms with E-state index in [0.717, 1.165) is 6.42 Å². The molecule has 24 heavy (non-hydrogen) atoms. The van der Waals surface area contributed by atoms with Crippen molar-refractivity contribution in [3.05, 3.63) is 24.3 Å². The molecule has 1 fully saturated rings. The largest absolute Gasteiger partial charge is 0.454 e. The lowest BCUT2D eigenvalue weighted by molar-refractivity contribution is -0.157. The van der Waals surface area contributed by atoms with Crippen LogP contribution in [0.3, 0.4) is 0 Å². The fourth-order valence-corrected chi connectivity index (χ4v) is 3.03. The van der Waals surface area contributed by atoms with Crippen molar-refractivity contribution in [3.63, 3.8) is 0 Å². The van der Waals surface area contributed by atoms with Crippen LogP contribution in [0.15, 0.2) is 24.3 Å². The van der Waals surface area contributed by atoms with Crippen molar-refractivity contribution in [1.29, 1.82) is 0 Å². The summed E-state index contributed by atoms with van der Waals surface area (Å²) in [5.41, 5.74) is 1.18. The number of carbonyl (C=O) groups excluding carboxylic acids is 3. The number of hydrogen-bond donors (Lipinski definition) is 1. The first-order valence-electron chi connectivity index (χ1n) is 8.05. The monoisotopic (exact) mass is 332 g/mol. The van der Waals surface area contributed by atoms with Gasteiger partial charge in [-0.15, -0.1) is 0 Å². The highest BCUT2D eigenvalue weighted by Gasteiger charge is 2.31. The lowest BCUT2D eigenvalue weighted by Gasteiger charge is -2.27. The molecular formula is C17H20N2O5. The fraction of sp³-hybridized carbons (Fsp3) is 0.471. The molecule has 0 aromatic heterocycles. The predicted molar refractivity (Wildman–Crippen MR) is 86.6 cm³/mol. The molecular weight excluding hydrogens is 312 g/mol. The van der Waals surface area contributed by atoms with Crippen LogP contribution in [0.5, 0.6) is 0 Å². The normalized spacial score (nSPS) is 23.2. The van der Waals surface area contributed by atoms with E-state index in [1.807, 2.05) is 0 Å². The highest BCUT2D eigenvalue weighted by Crippen LogP contribution is 2.31. The summed E-state index contributed by atoms with van der Waals surface area (Å²) in [6.07, 6.45) is 1.04. The Kier molecular flexibility index (Phi) is 4.80. The van der Waals surface area contributed by atoms with E-state index in [-0.39, 0.29) is 30.9 Å². The van der Waals surface area contributed by atoms with Gasteiger partial charge in [-0.3, -0.25) is 9.59 Å². The molecule has 1 aromatic rings. The topological polar surface area (TPSA) is 84.9 Å². The summed E-state index contributed by atoms with van der Waals surface area (Å²) in [6, 6.07) is 6.75. The quantitative estimate of drug-likeness (QED) is 0.847. The molecule has 2 aliphatic heterocycles. The van der Waals surface area contributed by atoms with Crippen molar-refractivity contribution < 1.29 is 23.9 Å². The maximum absolute atomic E-state index is 12.6. The summed E-state index contributed by atoms with van der Waals surface area (Å²) in [6.45, 7) is 1.96. The minimum Gasteiger partial charge on any atom is -0.454 e. The van der Waals surface area contributed by atoms with Gasteiger partial charge in [-0.2, -0.15) is 0 Å². The second kappa shape index (κ2) is 7.00. The molecule has 0 saturated carbocycles. The zero-order valence-electron chi connectivity index (χ0n) is 13.5. The van der Waals surface area contributed by atoms with Crippen LogP contribution < -0.4 is 10.2 Å². The SMILES string of the molecule is CC1CC(=O)Nc2ccccc2N1C(=O)COC(=O)C1CCCO1. The lowest BCUT2D eigenvalue weighted by Crippen LogP contribution is -2.42. The van der Waals surface area contributed by atoms with Crippen molar-refractivity contribution in [2.24, 2.45) is 0 Å². The smallest absolute Gasteiger partial charge is 0.335 e. The molecule has 7 heteroatoms. The zero-order valence-corrected chi connectivity index (χ0v) is 13.5. The number of nitrogens with zero attached hydrogens (tertiary/aromatic N) is 1. The summed E-state index contributed by atoms with van der Waals surface area (Å²) in [5.74, 6) is -1.02. The number of fused-ring (bicyclic) bond motifs is 1. The van der Waals surface area contributed by atoms with Crippen molar-refractivity contribution in [2.45, 2.75) is 38.3 Å². The molecule has 1 aromatic carbocycles. The van der Waals surface area contributed by atoms with E-state index in [1.54, 1.807) is 31.2 Å². The Bertz CT molecular complexity index is 654.